The average Bonchev–Trinajstić information content (AvgIpc) is 2.57. The quantitative estimate of drug-likeness (QED) is 0.671. The summed E-state index contributed by atoms with van der Waals surface area (Å²) in [5.74, 6) is 0. The van der Waals surface area contributed by atoms with Crippen molar-refractivity contribution in [3.63, 3.8) is 0 Å². The molecule has 0 fully saturated rings. The second-order valence-electron chi connectivity index (χ2n) is 5.49. The van der Waals surface area contributed by atoms with E-state index < -0.39 is 11.2 Å². The van der Waals surface area contributed by atoms with Gasteiger partial charge < -0.3 is 0 Å². The van der Waals surface area contributed by atoms with Crippen molar-refractivity contribution in [2.45, 2.75) is 6.92 Å². The molecule has 0 aliphatic carbocycles. The predicted molar refractivity (Wildman–Crippen MR) is 87.8 cm³/mol. The van der Waals surface area contributed by atoms with Crippen LogP contribution in [0.25, 0.3) is 22.3 Å². The van der Waals surface area contributed by atoms with Crippen LogP contribution in [0.2, 0.25) is 0 Å². The van der Waals surface area contributed by atoms with Crippen molar-refractivity contribution in [1.29, 1.82) is 0 Å². The van der Waals surface area contributed by atoms with Gasteiger partial charge in [0, 0.05) is 25.2 Å². The molecule has 0 unspecified atom stereocenters. The number of hydrogen-bond acceptors (Lipinski definition) is 4. The lowest BCUT2D eigenvalue weighted by molar-refractivity contribution is 0.112. The lowest BCUT2D eigenvalue weighted by Gasteiger charge is -2.10. The number of hydrogen-bond donors (Lipinski definition) is 0. The maximum absolute atomic E-state index is 12.3. The van der Waals surface area contributed by atoms with Gasteiger partial charge in [-0.05, 0) is 13.0 Å². The molecule has 6 nitrogen and oxygen atoms in total. The molecule has 0 aliphatic heterocycles. The van der Waals surface area contributed by atoms with E-state index >= 15 is 0 Å². The number of pyridine rings is 1. The van der Waals surface area contributed by atoms with Crippen molar-refractivity contribution in [2.75, 3.05) is 0 Å². The molecule has 2 heterocycles. The van der Waals surface area contributed by atoms with Crippen molar-refractivity contribution < 1.29 is 4.79 Å². The van der Waals surface area contributed by atoms with E-state index in [2.05, 4.69) is 4.98 Å². The second-order valence-corrected chi connectivity index (χ2v) is 5.49. The van der Waals surface area contributed by atoms with Crippen molar-refractivity contribution in [1.82, 2.24) is 14.1 Å². The molecule has 0 radical (unpaired) electrons. The van der Waals surface area contributed by atoms with Gasteiger partial charge in [-0.25, -0.2) is 9.78 Å². The second kappa shape index (κ2) is 5.31. The Labute approximate surface area is 131 Å². The van der Waals surface area contributed by atoms with Gasteiger partial charge in [-0.2, -0.15) is 0 Å². The molecule has 116 valence electrons. The zero-order valence-electron chi connectivity index (χ0n) is 13.0. The molecular formula is C17H15N3O3. The summed E-state index contributed by atoms with van der Waals surface area (Å²) in [5, 5.41) is 0.243. The molecule has 0 bridgehead atoms. The lowest BCUT2D eigenvalue weighted by Crippen LogP contribution is -2.37. The smallest absolute Gasteiger partial charge is 0.298 e. The van der Waals surface area contributed by atoms with E-state index in [4.69, 9.17) is 0 Å². The molecule has 23 heavy (non-hydrogen) atoms. The molecule has 3 rings (SSSR count). The van der Waals surface area contributed by atoms with Crippen LogP contribution in [0.4, 0.5) is 0 Å². The maximum Gasteiger partial charge on any atom is 0.332 e. The van der Waals surface area contributed by atoms with Crippen molar-refractivity contribution in [2.24, 2.45) is 14.1 Å². The topological polar surface area (TPSA) is 74.0 Å². The molecule has 0 saturated carbocycles. The zero-order valence-corrected chi connectivity index (χ0v) is 13.0. The number of aldehydes is 1. The summed E-state index contributed by atoms with van der Waals surface area (Å²) in [7, 11) is 2.95. The van der Waals surface area contributed by atoms with E-state index in [1.165, 1.54) is 17.7 Å². The summed E-state index contributed by atoms with van der Waals surface area (Å²) in [6, 6.07) is 9.04. The molecule has 6 heteroatoms. The van der Waals surface area contributed by atoms with Gasteiger partial charge in [-0.15, -0.1) is 0 Å². The Kier molecular flexibility index (Phi) is 3.44. The van der Waals surface area contributed by atoms with Crippen molar-refractivity contribution in [3.05, 3.63) is 62.3 Å². The summed E-state index contributed by atoms with van der Waals surface area (Å²) >= 11 is 0. The fraction of sp³-hybridized carbons (Fsp3) is 0.176. The number of carbonyl (C=O) groups is 1. The SMILES string of the molecule is Cc1ccc(-c2nc3c(cc2C=O)c(=O)n(C)c(=O)n3C)cc1. The summed E-state index contributed by atoms with van der Waals surface area (Å²) in [5.41, 5.74) is 1.96. The zero-order chi connectivity index (χ0) is 16.7. The lowest BCUT2D eigenvalue weighted by atomic mass is 10.0. The van der Waals surface area contributed by atoms with Crippen LogP contribution in [-0.2, 0) is 14.1 Å². The van der Waals surface area contributed by atoms with Crippen LogP contribution in [0.1, 0.15) is 15.9 Å². The Hall–Kier alpha value is -3.02. The molecule has 3 aromatic rings. The monoisotopic (exact) mass is 309 g/mol. The minimum Gasteiger partial charge on any atom is -0.298 e. The van der Waals surface area contributed by atoms with E-state index in [1.54, 1.807) is 7.05 Å². The minimum absolute atomic E-state index is 0.243. The van der Waals surface area contributed by atoms with Gasteiger partial charge in [0.1, 0.15) is 5.65 Å². The average molecular weight is 309 g/mol. The van der Waals surface area contributed by atoms with Gasteiger partial charge in [-0.1, -0.05) is 29.8 Å². The van der Waals surface area contributed by atoms with Gasteiger partial charge in [0.15, 0.2) is 6.29 Å². The molecule has 0 atom stereocenters. The molecule has 1 aromatic carbocycles. The number of carbonyl (C=O) groups excluding carboxylic acids is 1. The largest absolute Gasteiger partial charge is 0.332 e. The highest BCUT2D eigenvalue weighted by atomic mass is 16.2. The van der Waals surface area contributed by atoms with Gasteiger partial charge in [0.2, 0.25) is 0 Å². The summed E-state index contributed by atoms with van der Waals surface area (Å²) in [6.07, 6.45) is 0.673. The Morgan fingerprint density at radius 1 is 1.04 bits per heavy atom. The van der Waals surface area contributed by atoms with Crippen LogP contribution in [0.15, 0.2) is 39.9 Å². The van der Waals surface area contributed by atoms with Crippen LogP contribution in [0, 0.1) is 6.92 Å². The first-order chi connectivity index (χ1) is 10.9. The number of aryl methyl sites for hydroxylation is 2. The van der Waals surface area contributed by atoms with Crippen molar-refractivity contribution >= 4 is 17.3 Å². The van der Waals surface area contributed by atoms with Crippen LogP contribution in [-0.4, -0.2) is 20.4 Å². The summed E-state index contributed by atoms with van der Waals surface area (Å²) in [4.78, 5) is 40.2. The van der Waals surface area contributed by atoms with Crippen molar-refractivity contribution in [3.8, 4) is 11.3 Å². The standard InChI is InChI=1S/C17H15N3O3/c1-10-4-6-11(7-5-10)14-12(9-21)8-13-15(18-14)19(2)17(23)20(3)16(13)22/h4-9H,1-3H3. The van der Waals surface area contributed by atoms with Gasteiger partial charge in [0.25, 0.3) is 5.56 Å². The first-order valence-corrected chi connectivity index (χ1v) is 7.07. The third-order valence-electron chi connectivity index (χ3n) is 3.91. The Balaban J connectivity index is 2.45. The third kappa shape index (κ3) is 2.28. The Morgan fingerprint density at radius 2 is 1.70 bits per heavy atom. The highest BCUT2D eigenvalue weighted by Gasteiger charge is 2.15. The molecule has 2 aromatic heterocycles. The van der Waals surface area contributed by atoms with E-state index in [9.17, 15) is 14.4 Å². The first kappa shape index (κ1) is 14.9. The fourth-order valence-corrected chi connectivity index (χ4v) is 2.55. The van der Waals surface area contributed by atoms with E-state index in [1.807, 2.05) is 31.2 Å². The number of aromatic nitrogens is 3. The normalized spacial score (nSPS) is 10.9. The van der Waals surface area contributed by atoms with Crippen LogP contribution in [0.5, 0.6) is 0 Å². The maximum atomic E-state index is 12.3. The summed E-state index contributed by atoms with van der Waals surface area (Å²) < 4.78 is 2.31. The third-order valence-corrected chi connectivity index (χ3v) is 3.91. The molecule has 0 amide bonds. The molecular weight excluding hydrogens is 294 g/mol. The van der Waals surface area contributed by atoms with Crippen LogP contribution in [0.3, 0.4) is 0 Å². The number of nitrogens with zero attached hydrogens (tertiary/aromatic N) is 3. The van der Waals surface area contributed by atoms with E-state index in [0.29, 0.717) is 17.5 Å². The molecule has 0 saturated heterocycles. The minimum atomic E-state index is -0.464. The predicted octanol–water partition coefficient (Wildman–Crippen LogP) is 1.42. The van der Waals surface area contributed by atoms with Gasteiger partial charge in [-0.3, -0.25) is 18.7 Å². The van der Waals surface area contributed by atoms with E-state index in [-0.39, 0.29) is 11.0 Å². The summed E-state index contributed by atoms with van der Waals surface area (Å²) in [6.45, 7) is 1.96. The highest BCUT2D eigenvalue weighted by Crippen LogP contribution is 2.23. The number of rotatable bonds is 2. The van der Waals surface area contributed by atoms with Gasteiger partial charge >= 0.3 is 5.69 Å². The fourth-order valence-electron chi connectivity index (χ4n) is 2.55. The highest BCUT2D eigenvalue weighted by molar-refractivity contribution is 5.92. The molecule has 0 spiro atoms. The first-order valence-electron chi connectivity index (χ1n) is 7.07. The van der Waals surface area contributed by atoms with Gasteiger partial charge in [0.05, 0.1) is 11.1 Å². The van der Waals surface area contributed by atoms with E-state index in [0.717, 1.165) is 15.7 Å². The number of benzene rings is 1. The van der Waals surface area contributed by atoms with Crippen LogP contribution >= 0.6 is 0 Å². The molecule has 0 aliphatic rings. The Bertz CT molecular complexity index is 1040. The number of fused-ring (bicyclic) bond motifs is 1. The van der Waals surface area contributed by atoms with Crippen LogP contribution < -0.4 is 11.2 Å². The Morgan fingerprint density at radius 3 is 2.30 bits per heavy atom. The molecule has 0 N–H and O–H groups in total.